The number of benzene rings is 2. The zero-order valence-corrected chi connectivity index (χ0v) is 18.7. The van der Waals surface area contributed by atoms with Crippen molar-refractivity contribution in [2.24, 2.45) is 0 Å². The van der Waals surface area contributed by atoms with Crippen LogP contribution >= 0.6 is 0 Å². The van der Waals surface area contributed by atoms with Crippen LogP contribution in [0.2, 0.25) is 0 Å². The molecule has 0 saturated carbocycles. The van der Waals surface area contributed by atoms with Crippen molar-refractivity contribution in [3.05, 3.63) is 71.8 Å². The van der Waals surface area contributed by atoms with Gasteiger partial charge in [0.05, 0.1) is 11.4 Å². The van der Waals surface area contributed by atoms with E-state index < -0.39 is 22.0 Å². The van der Waals surface area contributed by atoms with E-state index in [-0.39, 0.29) is 48.3 Å². The Morgan fingerprint density at radius 1 is 1.12 bits per heavy atom. The molecule has 3 amide bonds. The molecule has 5 rings (SSSR count). The largest absolute Gasteiger partial charge is 0.322 e. The van der Waals surface area contributed by atoms with E-state index >= 15 is 0 Å². The SMILES string of the molecule is O=C1CCC(N2Cc3ccc(NS(=O)(=O)c4ccccc4Cn4cncn4)cc3C2=O)C(=O)N1. The number of imide groups is 1. The van der Waals surface area contributed by atoms with Crippen LogP contribution in [0.3, 0.4) is 0 Å². The zero-order chi connectivity index (χ0) is 23.9. The lowest BCUT2D eigenvalue weighted by atomic mass is 10.0. The summed E-state index contributed by atoms with van der Waals surface area (Å²) in [7, 11) is -3.97. The third-order valence-electron chi connectivity index (χ3n) is 5.84. The first-order valence-corrected chi connectivity index (χ1v) is 12.0. The van der Waals surface area contributed by atoms with E-state index in [0.717, 1.165) is 0 Å². The third-order valence-corrected chi connectivity index (χ3v) is 7.32. The Balaban J connectivity index is 1.38. The quantitative estimate of drug-likeness (QED) is 0.499. The van der Waals surface area contributed by atoms with Crippen LogP contribution < -0.4 is 10.0 Å². The van der Waals surface area contributed by atoms with E-state index in [1.54, 1.807) is 30.3 Å². The van der Waals surface area contributed by atoms with Crippen LogP contribution in [0.15, 0.2) is 60.0 Å². The minimum absolute atomic E-state index is 0.0856. The normalized spacial score (nSPS) is 18.1. The van der Waals surface area contributed by atoms with E-state index in [1.807, 2.05) is 0 Å². The molecule has 3 aromatic rings. The lowest BCUT2D eigenvalue weighted by Crippen LogP contribution is -2.52. The highest BCUT2D eigenvalue weighted by Gasteiger charge is 2.39. The number of aromatic nitrogens is 3. The van der Waals surface area contributed by atoms with Crippen molar-refractivity contribution in [1.29, 1.82) is 0 Å². The molecular weight excluding hydrogens is 460 g/mol. The molecule has 34 heavy (non-hydrogen) atoms. The Labute approximate surface area is 194 Å². The average Bonchev–Trinajstić information content (AvgIpc) is 3.42. The molecular formula is C22H20N6O5S. The van der Waals surface area contributed by atoms with E-state index in [4.69, 9.17) is 0 Å². The Kier molecular flexibility index (Phi) is 5.36. The van der Waals surface area contributed by atoms with Gasteiger partial charge in [0.2, 0.25) is 11.8 Å². The Hall–Kier alpha value is -4.06. The molecule has 1 aromatic heterocycles. The van der Waals surface area contributed by atoms with E-state index in [0.29, 0.717) is 16.7 Å². The fraction of sp³-hybridized carbons (Fsp3) is 0.227. The number of hydrogen-bond donors (Lipinski definition) is 2. The predicted molar refractivity (Wildman–Crippen MR) is 119 cm³/mol. The Morgan fingerprint density at radius 3 is 2.71 bits per heavy atom. The van der Waals surface area contributed by atoms with Crippen LogP contribution in [0, 0.1) is 0 Å². The highest BCUT2D eigenvalue weighted by atomic mass is 32.2. The summed E-state index contributed by atoms with van der Waals surface area (Å²) in [6.45, 7) is 0.439. The highest BCUT2D eigenvalue weighted by molar-refractivity contribution is 7.92. The van der Waals surface area contributed by atoms with Crippen molar-refractivity contribution >= 4 is 33.4 Å². The first-order chi connectivity index (χ1) is 16.3. The second-order valence-electron chi connectivity index (χ2n) is 8.08. The molecule has 0 radical (unpaired) electrons. The van der Waals surface area contributed by atoms with Crippen LogP contribution in [0.1, 0.15) is 34.3 Å². The molecule has 11 nitrogen and oxygen atoms in total. The summed E-state index contributed by atoms with van der Waals surface area (Å²) in [6, 6.07) is 10.5. The summed E-state index contributed by atoms with van der Waals surface area (Å²) >= 11 is 0. The van der Waals surface area contributed by atoms with Gasteiger partial charge in [0.15, 0.2) is 0 Å². The first kappa shape index (κ1) is 21.8. The molecule has 2 aliphatic rings. The smallest absolute Gasteiger partial charge is 0.262 e. The van der Waals surface area contributed by atoms with E-state index in [2.05, 4.69) is 20.1 Å². The highest BCUT2D eigenvalue weighted by Crippen LogP contribution is 2.30. The molecule has 2 aromatic carbocycles. The molecule has 12 heteroatoms. The van der Waals surface area contributed by atoms with Crippen LogP contribution in [0.5, 0.6) is 0 Å². The standard InChI is InChI=1S/C22H20N6O5S/c29-20-8-7-18(21(30)25-20)28-11-14-5-6-16(9-17(14)22(28)31)26-34(32,33)19-4-2-1-3-15(19)10-27-13-23-12-24-27/h1-6,9,12-13,18,26H,7-8,10-11H2,(H,25,29,30). The number of carbonyl (C=O) groups excluding carboxylic acids is 3. The van der Waals surface area contributed by atoms with Gasteiger partial charge in [-0.05, 0) is 35.7 Å². The summed E-state index contributed by atoms with van der Waals surface area (Å²) in [5.41, 5.74) is 1.76. The number of rotatable bonds is 6. The molecule has 0 bridgehead atoms. The number of carbonyl (C=O) groups is 3. The van der Waals surface area contributed by atoms with Gasteiger partial charge in [0, 0.05) is 24.2 Å². The average molecular weight is 481 g/mol. The number of amides is 3. The molecule has 1 fully saturated rings. The van der Waals surface area contributed by atoms with Crippen molar-refractivity contribution in [1.82, 2.24) is 25.0 Å². The maximum Gasteiger partial charge on any atom is 0.262 e. The summed E-state index contributed by atoms with van der Waals surface area (Å²) in [5, 5.41) is 6.28. The van der Waals surface area contributed by atoms with Gasteiger partial charge in [-0.1, -0.05) is 24.3 Å². The minimum Gasteiger partial charge on any atom is -0.322 e. The minimum atomic E-state index is -3.97. The van der Waals surface area contributed by atoms with Crippen LogP contribution in [-0.2, 0) is 32.7 Å². The number of piperidine rings is 1. The number of nitrogens with zero attached hydrogens (tertiary/aromatic N) is 4. The van der Waals surface area contributed by atoms with Gasteiger partial charge in [-0.2, -0.15) is 5.10 Å². The van der Waals surface area contributed by atoms with Crippen molar-refractivity contribution < 1.29 is 22.8 Å². The number of anilines is 1. The molecule has 1 unspecified atom stereocenters. The molecule has 174 valence electrons. The summed E-state index contributed by atoms with van der Waals surface area (Å²) in [4.78, 5) is 42.0. The Bertz CT molecular complexity index is 1400. The van der Waals surface area contributed by atoms with Crippen LogP contribution in [0.25, 0.3) is 0 Å². The maximum absolute atomic E-state index is 13.2. The number of hydrogen-bond acceptors (Lipinski definition) is 7. The van der Waals surface area contributed by atoms with Gasteiger partial charge in [-0.25, -0.2) is 18.1 Å². The van der Waals surface area contributed by atoms with Crippen LogP contribution in [0.4, 0.5) is 5.69 Å². The van der Waals surface area contributed by atoms with Gasteiger partial charge >= 0.3 is 0 Å². The van der Waals surface area contributed by atoms with Crippen molar-refractivity contribution in [2.75, 3.05) is 4.72 Å². The van der Waals surface area contributed by atoms with E-state index in [1.165, 1.54) is 34.4 Å². The maximum atomic E-state index is 13.2. The Morgan fingerprint density at radius 2 is 1.94 bits per heavy atom. The van der Waals surface area contributed by atoms with Gasteiger partial charge < -0.3 is 4.90 Å². The monoisotopic (exact) mass is 480 g/mol. The molecule has 2 N–H and O–H groups in total. The second-order valence-corrected chi connectivity index (χ2v) is 9.73. The van der Waals surface area contributed by atoms with Gasteiger partial charge in [0.25, 0.3) is 15.9 Å². The van der Waals surface area contributed by atoms with Crippen LogP contribution in [-0.4, -0.2) is 51.8 Å². The first-order valence-electron chi connectivity index (χ1n) is 10.5. The van der Waals surface area contributed by atoms with E-state index in [9.17, 15) is 22.8 Å². The summed E-state index contributed by atoms with van der Waals surface area (Å²) in [6.07, 6.45) is 3.29. The second kappa shape index (κ2) is 8.37. The molecule has 2 aliphatic heterocycles. The number of sulfonamides is 1. The molecule has 0 spiro atoms. The zero-order valence-electron chi connectivity index (χ0n) is 17.8. The fourth-order valence-electron chi connectivity index (χ4n) is 4.21. The van der Waals surface area contributed by atoms with Gasteiger partial charge in [-0.15, -0.1) is 0 Å². The van der Waals surface area contributed by atoms with Crippen molar-refractivity contribution in [2.45, 2.75) is 36.9 Å². The third kappa shape index (κ3) is 4.03. The predicted octanol–water partition coefficient (Wildman–Crippen LogP) is 0.888. The molecule has 1 saturated heterocycles. The van der Waals surface area contributed by atoms with Gasteiger partial charge in [-0.3, -0.25) is 24.4 Å². The lowest BCUT2D eigenvalue weighted by Gasteiger charge is -2.29. The topological polar surface area (TPSA) is 143 Å². The summed E-state index contributed by atoms with van der Waals surface area (Å²) in [5.74, 6) is -1.23. The fourth-order valence-corrected chi connectivity index (χ4v) is 5.50. The van der Waals surface area contributed by atoms with Crippen molar-refractivity contribution in [3.8, 4) is 0 Å². The number of nitrogens with one attached hydrogen (secondary N) is 2. The number of fused-ring (bicyclic) bond motifs is 1. The molecule has 3 heterocycles. The molecule has 1 atom stereocenters. The summed E-state index contributed by atoms with van der Waals surface area (Å²) < 4.78 is 30.4. The van der Waals surface area contributed by atoms with Crippen molar-refractivity contribution in [3.63, 3.8) is 0 Å². The lowest BCUT2D eigenvalue weighted by molar-refractivity contribution is -0.136. The molecule has 0 aliphatic carbocycles. The van der Waals surface area contributed by atoms with Gasteiger partial charge in [0.1, 0.15) is 18.7 Å².